The predicted octanol–water partition coefficient (Wildman–Crippen LogP) is 2.57. The Morgan fingerprint density at radius 3 is 2.71 bits per heavy atom. The molecule has 1 aromatic rings. The van der Waals surface area contributed by atoms with Crippen molar-refractivity contribution in [2.24, 2.45) is 0 Å². The monoisotopic (exact) mass is 297 g/mol. The zero-order valence-electron chi connectivity index (χ0n) is 12.3. The first kappa shape index (κ1) is 15.6. The molecule has 116 valence electrons. The summed E-state index contributed by atoms with van der Waals surface area (Å²) in [5.41, 5.74) is -0.392. The molecule has 2 rings (SSSR count). The predicted molar refractivity (Wildman–Crippen MR) is 74.4 cm³/mol. The van der Waals surface area contributed by atoms with Gasteiger partial charge in [-0.1, -0.05) is 0 Å². The number of hydrogen-bond donors (Lipinski definition) is 2. The van der Waals surface area contributed by atoms with Crippen molar-refractivity contribution < 1.29 is 24.1 Å². The Hall–Kier alpha value is -1.82. The number of β-amino-alcohol motifs (C(OH)–C–C–N with tert-alkyl or cyclic N) is 1. The Labute approximate surface area is 122 Å². The molecular formula is C15H20FNO4. The highest BCUT2D eigenvalue weighted by Gasteiger charge is 2.38. The van der Waals surface area contributed by atoms with Crippen molar-refractivity contribution in [3.05, 3.63) is 29.6 Å². The molecule has 0 radical (unpaired) electrons. The van der Waals surface area contributed by atoms with Gasteiger partial charge in [0.15, 0.2) is 0 Å². The van der Waals surface area contributed by atoms with Gasteiger partial charge in [0.25, 0.3) is 0 Å². The maximum absolute atomic E-state index is 13.4. The smallest absolute Gasteiger partial charge is 0.410 e. The molecule has 0 saturated carbocycles. The summed E-state index contributed by atoms with van der Waals surface area (Å²) in [5.74, 6) is -0.614. The number of likely N-dealkylation sites (tertiary alicyclic amines) is 1. The Bertz CT molecular complexity index is 541. The van der Waals surface area contributed by atoms with Crippen LogP contribution < -0.4 is 0 Å². The van der Waals surface area contributed by atoms with Crippen LogP contribution in [0.1, 0.15) is 38.8 Å². The van der Waals surface area contributed by atoms with Gasteiger partial charge in [0.2, 0.25) is 0 Å². The van der Waals surface area contributed by atoms with Crippen molar-refractivity contribution in [2.75, 3.05) is 6.54 Å². The molecule has 1 amide bonds. The summed E-state index contributed by atoms with van der Waals surface area (Å²) in [6, 6.07) is 2.95. The molecule has 21 heavy (non-hydrogen) atoms. The highest BCUT2D eigenvalue weighted by atomic mass is 19.1. The summed E-state index contributed by atoms with van der Waals surface area (Å²) in [6.45, 7) is 5.32. The van der Waals surface area contributed by atoms with E-state index >= 15 is 0 Å². The third-order valence-electron chi connectivity index (χ3n) is 3.26. The number of aliphatic hydroxyl groups is 1. The van der Waals surface area contributed by atoms with Crippen molar-refractivity contribution in [1.82, 2.24) is 4.90 Å². The standard InChI is InChI=1S/C15H20FNO4/c1-15(2,3)21-14(20)17-8-10(18)7-12(17)11-6-9(16)4-5-13(11)19/h4-6,10,12,18-19H,7-8H2,1-3H3/t10-,12-/m1/s1. The minimum Gasteiger partial charge on any atom is -0.508 e. The second-order valence-corrected chi connectivity index (χ2v) is 6.24. The van der Waals surface area contributed by atoms with E-state index < -0.39 is 29.7 Å². The molecular weight excluding hydrogens is 277 g/mol. The lowest BCUT2D eigenvalue weighted by molar-refractivity contribution is 0.0205. The number of halogens is 1. The van der Waals surface area contributed by atoms with Gasteiger partial charge in [-0.15, -0.1) is 0 Å². The van der Waals surface area contributed by atoms with Gasteiger partial charge in [0, 0.05) is 5.56 Å². The van der Waals surface area contributed by atoms with Gasteiger partial charge < -0.3 is 14.9 Å². The topological polar surface area (TPSA) is 70.0 Å². The lowest BCUT2D eigenvalue weighted by atomic mass is 10.0. The normalized spacial score (nSPS) is 22.4. The van der Waals surface area contributed by atoms with E-state index in [-0.39, 0.29) is 24.3 Å². The van der Waals surface area contributed by atoms with Crippen LogP contribution in [0, 0.1) is 5.82 Å². The molecule has 1 fully saturated rings. The third-order valence-corrected chi connectivity index (χ3v) is 3.26. The summed E-state index contributed by atoms with van der Waals surface area (Å²) in [7, 11) is 0. The number of phenolic OH excluding ortho intramolecular Hbond substituents is 1. The molecule has 5 nitrogen and oxygen atoms in total. The number of amides is 1. The fourth-order valence-corrected chi connectivity index (χ4v) is 2.42. The number of carbonyl (C=O) groups is 1. The average molecular weight is 297 g/mol. The highest BCUT2D eigenvalue weighted by molar-refractivity contribution is 5.69. The zero-order chi connectivity index (χ0) is 15.8. The Morgan fingerprint density at radius 1 is 1.43 bits per heavy atom. The molecule has 1 saturated heterocycles. The van der Waals surface area contributed by atoms with Crippen molar-refractivity contribution in [3.8, 4) is 5.75 Å². The second-order valence-electron chi connectivity index (χ2n) is 6.24. The van der Waals surface area contributed by atoms with Crippen molar-refractivity contribution in [1.29, 1.82) is 0 Å². The minimum absolute atomic E-state index is 0.0928. The van der Waals surface area contributed by atoms with Gasteiger partial charge in [0.1, 0.15) is 17.2 Å². The number of aromatic hydroxyl groups is 1. The van der Waals surface area contributed by atoms with E-state index in [9.17, 15) is 19.4 Å². The SMILES string of the molecule is CC(C)(C)OC(=O)N1C[C@H](O)C[C@@H]1c1cc(F)ccc1O. The quantitative estimate of drug-likeness (QED) is 0.836. The van der Waals surface area contributed by atoms with E-state index in [4.69, 9.17) is 4.74 Å². The molecule has 2 atom stereocenters. The maximum atomic E-state index is 13.4. The molecule has 1 aliphatic heterocycles. The first-order chi connectivity index (χ1) is 9.67. The van der Waals surface area contributed by atoms with Gasteiger partial charge in [-0.3, -0.25) is 4.90 Å². The van der Waals surface area contributed by atoms with Gasteiger partial charge >= 0.3 is 6.09 Å². The summed E-state index contributed by atoms with van der Waals surface area (Å²) in [6.07, 6.45) is -1.09. The van der Waals surface area contributed by atoms with Crippen LogP contribution >= 0.6 is 0 Å². The molecule has 0 spiro atoms. The van der Waals surface area contributed by atoms with Gasteiger partial charge in [-0.25, -0.2) is 9.18 Å². The van der Waals surface area contributed by atoms with Crippen LogP contribution in [0.4, 0.5) is 9.18 Å². The number of carbonyl (C=O) groups excluding carboxylic acids is 1. The van der Waals surface area contributed by atoms with E-state index in [1.807, 2.05) is 0 Å². The molecule has 0 bridgehead atoms. The number of hydrogen-bond acceptors (Lipinski definition) is 4. The average Bonchev–Trinajstić information content (AvgIpc) is 2.72. The number of rotatable bonds is 1. The Balaban J connectivity index is 2.28. The molecule has 2 N–H and O–H groups in total. The molecule has 0 aromatic heterocycles. The lowest BCUT2D eigenvalue weighted by Crippen LogP contribution is -2.37. The second kappa shape index (κ2) is 5.52. The molecule has 1 aromatic carbocycles. The zero-order valence-corrected chi connectivity index (χ0v) is 12.3. The maximum Gasteiger partial charge on any atom is 0.410 e. The van der Waals surface area contributed by atoms with Crippen LogP contribution in [0.5, 0.6) is 5.75 Å². The van der Waals surface area contributed by atoms with Crippen LogP contribution in [0.2, 0.25) is 0 Å². The number of nitrogens with zero attached hydrogens (tertiary/aromatic N) is 1. The van der Waals surface area contributed by atoms with E-state index in [2.05, 4.69) is 0 Å². The fraction of sp³-hybridized carbons (Fsp3) is 0.533. The fourth-order valence-electron chi connectivity index (χ4n) is 2.42. The van der Waals surface area contributed by atoms with Gasteiger partial charge in [0.05, 0.1) is 18.7 Å². The van der Waals surface area contributed by atoms with Gasteiger partial charge in [-0.2, -0.15) is 0 Å². The lowest BCUT2D eigenvalue weighted by Gasteiger charge is -2.28. The molecule has 0 aliphatic carbocycles. The summed E-state index contributed by atoms with van der Waals surface area (Å²) >= 11 is 0. The number of ether oxygens (including phenoxy) is 1. The third kappa shape index (κ3) is 3.64. The molecule has 0 unspecified atom stereocenters. The largest absolute Gasteiger partial charge is 0.508 e. The van der Waals surface area contributed by atoms with Crippen molar-refractivity contribution in [3.63, 3.8) is 0 Å². The highest BCUT2D eigenvalue weighted by Crippen LogP contribution is 2.37. The first-order valence-corrected chi connectivity index (χ1v) is 6.83. The molecule has 1 heterocycles. The van der Waals surface area contributed by atoms with Crippen LogP contribution in [-0.2, 0) is 4.74 Å². The van der Waals surface area contributed by atoms with Crippen LogP contribution in [0.25, 0.3) is 0 Å². The van der Waals surface area contributed by atoms with Crippen molar-refractivity contribution in [2.45, 2.75) is 44.9 Å². The van der Waals surface area contributed by atoms with E-state index in [1.165, 1.54) is 17.0 Å². The van der Waals surface area contributed by atoms with Crippen LogP contribution in [0.15, 0.2) is 18.2 Å². The Morgan fingerprint density at radius 2 is 2.10 bits per heavy atom. The molecule has 1 aliphatic rings. The number of aliphatic hydroxyl groups excluding tert-OH is 1. The number of phenols is 1. The minimum atomic E-state index is -0.731. The summed E-state index contributed by atoms with van der Waals surface area (Å²) in [4.78, 5) is 13.5. The molecule has 6 heteroatoms. The van der Waals surface area contributed by atoms with E-state index in [0.29, 0.717) is 0 Å². The van der Waals surface area contributed by atoms with E-state index in [0.717, 1.165) is 6.07 Å². The summed E-state index contributed by atoms with van der Waals surface area (Å²) < 4.78 is 18.7. The summed E-state index contributed by atoms with van der Waals surface area (Å²) in [5, 5.41) is 19.7. The van der Waals surface area contributed by atoms with Crippen LogP contribution in [0.3, 0.4) is 0 Å². The number of benzene rings is 1. The van der Waals surface area contributed by atoms with E-state index in [1.54, 1.807) is 20.8 Å². The first-order valence-electron chi connectivity index (χ1n) is 6.83. The Kier molecular flexibility index (Phi) is 4.09. The van der Waals surface area contributed by atoms with Gasteiger partial charge in [-0.05, 0) is 45.4 Å². The van der Waals surface area contributed by atoms with Crippen molar-refractivity contribution >= 4 is 6.09 Å². The van der Waals surface area contributed by atoms with Crippen LogP contribution in [-0.4, -0.2) is 39.5 Å².